The number of benzene rings is 3. The Morgan fingerprint density at radius 3 is 2.00 bits per heavy atom. The lowest BCUT2D eigenvalue weighted by Crippen LogP contribution is -2.47. The van der Waals surface area contributed by atoms with Gasteiger partial charge in [0.2, 0.25) is 0 Å². The largest absolute Gasteiger partial charge is 0.420 e. The molecule has 146 valence electrons. The summed E-state index contributed by atoms with van der Waals surface area (Å²) in [4.78, 5) is 1.86. The van der Waals surface area contributed by atoms with Crippen molar-refractivity contribution in [3.63, 3.8) is 0 Å². The van der Waals surface area contributed by atoms with E-state index in [0.717, 1.165) is 22.2 Å². The number of fused-ring (bicyclic) bond motifs is 1. The third-order valence-corrected chi connectivity index (χ3v) is 6.23. The average molecular weight is 389 g/mol. The van der Waals surface area contributed by atoms with Crippen LogP contribution in [0.5, 0.6) is 0 Å². The molecule has 0 aliphatic carbocycles. The third kappa shape index (κ3) is 2.92. The zero-order valence-corrected chi connectivity index (χ0v) is 16.3. The van der Waals surface area contributed by atoms with Crippen molar-refractivity contribution in [2.45, 2.75) is 30.9 Å². The predicted molar refractivity (Wildman–Crippen MR) is 111 cm³/mol. The van der Waals surface area contributed by atoms with Crippen molar-refractivity contribution in [1.29, 1.82) is 0 Å². The van der Waals surface area contributed by atoms with Gasteiger partial charge in [-0.25, -0.2) is 8.78 Å². The van der Waals surface area contributed by atoms with E-state index in [1.54, 1.807) is 0 Å². The molecule has 2 nitrogen and oxygen atoms in total. The molecule has 2 aliphatic heterocycles. The van der Waals surface area contributed by atoms with E-state index in [9.17, 15) is 8.78 Å². The number of halogens is 2. The molecule has 2 aliphatic rings. The molecule has 0 radical (unpaired) electrons. The van der Waals surface area contributed by atoms with Crippen LogP contribution in [0.15, 0.2) is 84.9 Å². The fourth-order valence-corrected chi connectivity index (χ4v) is 4.95. The molecule has 0 unspecified atom stereocenters. The van der Waals surface area contributed by atoms with E-state index < -0.39 is 24.6 Å². The third-order valence-electron chi connectivity index (χ3n) is 6.23. The Bertz CT molecular complexity index is 972. The van der Waals surface area contributed by atoms with Crippen LogP contribution in [0, 0.1) is 6.92 Å². The smallest absolute Gasteiger partial charge is 0.402 e. The summed E-state index contributed by atoms with van der Waals surface area (Å²) in [6.07, 6.45) is -0.223. The van der Waals surface area contributed by atoms with Gasteiger partial charge in [0.1, 0.15) is 5.60 Å². The molecule has 29 heavy (non-hydrogen) atoms. The Hall–Kier alpha value is -2.50. The van der Waals surface area contributed by atoms with Crippen LogP contribution in [0.25, 0.3) is 0 Å². The lowest BCUT2D eigenvalue weighted by molar-refractivity contribution is 0.00333. The van der Waals surface area contributed by atoms with Gasteiger partial charge in [0.15, 0.2) is 0 Å². The van der Waals surface area contributed by atoms with Gasteiger partial charge in [-0.1, -0.05) is 90.5 Å². The van der Waals surface area contributed by atoms with Crippen LogP contribution in [0.3, 0.4) is 0 Å². The van der Waals surface area contributed by atoms with Crippen molar-refractivity contribution in [1.82, 2.24) is 4.81 Å². The van der Waals surface area contributed by atoms with Gasteiger partial charge in [0, 0.05) is 12.5 Å². The Balaban J connectivity index is 1.73. The molecule has 2 heterocycles. The van der Waals surface area contributed by atoms with Gasteiger partial charge in [-0.2, -0.15) is 0 Å². The molecule has 2 fully saturated rings. The number of rotatable bonds is 3. The molecule has 0 saturated carbocycles. The minimum Gasteiger partial charge on any atom is -0.402 e. The van der Waals surface area contributed by atoms with Gasteiger partial charge in [-0.3, -0.25) is 0 Å². The minimum atomic E-state index is -2.75. The molecule has 0 amide bonds. The molecule has 3 aromatic carbocycles. The Labute approximate surface area is 170 Å². The normalized spacial score (nSPS) is 22.6. The van der Waals surface area contributed by atoms with E-state index in [1.165, 1.54) is 0 Å². The number of alkyl halides is 2. The number of aryl methyl sites for hydroxylation is 1. The monoisotopic (exact) mass is 389 g/mol. The van der Waals surface area contributed by atoms with Crippen LogP contribution in [-0.2, 0) is 10.3 Å². The zero-order chi connectivity index (χ0) is 20.1. The van der Waals surface area contributed by atoms with E-state index in [1.807, 2.05) is 96.7 Å². The average Bonchev–Trinajstić information content (AvgIpc) is 3.21. The van der Waals surface area contributed by atoms with E-state index in [2.05, 4.69) is 0 Å². The molecule has 5 rings (SSSR count). The molecule has 0 N–H and O–H groups in total. The predicted octanol–water partition coefficient (Wildman–Crippen LogP) is 4.37. The molecule has 0 aromatic heterocycles. The fraction of sp³-hybridized carbons (Fsp3) is 0.250. The molecular weight excluding hydrogens is 367 g/mol. The lowest BCUT2D eigenvalue weighted by Gasteiger charge is -2.36. The van der Waals surface area contributed by atoms with Crippen LogP contribution >= 0.6 is 0 Å². The van der Waals surface area contributed by atoms with E-state index in [4.69, 9.17) is 4.65 Å². The maximum atomic E-state index is 14.7. The molecule has 1 atom stereocenters. The van der Waals surface area contributed by atoms with Crippen LogP contribution in [0.2, 0.25) is 0 Å². The van der Waals surface area contributed by atoms with Gasteiger partial charge in [-0.15, -0.1) is 0 Å². The number of hydrogen-bond donors (Lipinski definition) is 0. The Morgan fingerprint density at radius 1 is 0.862 bits per heavy atom. The molecule has 0 spiro atoms. The Kier molecular flexibility index (Phi) is 4.34. The van der Waals surface area contributed by atoms with Gasteiger partial charge in [-0.05, 0) is 23.5 Å². The summed E-state index contributed by atoms with van der Waals surface area (Å²) in [5, 5.41) is 0. The van der Waals surface area contributed by atoms with Crippen LogP contribution in [0.4, 0.5) is 8.78 Å². The van der Waals surface area contributed by atoms with E-state index in [0.29, 0.717) is 0 Å². The Morgan fingerprint density at radius 2 is 1.41 bits per heavy atom. The molecule has 2 saturated heterocycles. The maximum absolute atomic E-state index is 14.7. The maximum Gasteiger partial charge on any atom is 0.420 e. The van der Waals surface area contributed by atoms with Crippen molar-refractivity contribution in [2.24, 2.45) is 0 Å². The number of hydrogen-bond acceptors (Lipinski definition) is 2. The summed E-state index contributed by atoms with van der Waals surface area (Å²) >= 11 is 0. The standard InChI is InChI=1S/C24H22BF2NO/c1-18-10-8-9-15-21(18)25-28-17-23(26,27)16-22(28)24(29-25,19-11-4-2-5-12-19)20-13-6-3-7-14-20/h2-15,22H,16-17H2,1H3/t22-/m0/s1. The SMILES string of the molecule is Cc1ccccc1B1OC(c2ccccc2)(c2ccccc2)[C@@H]2CC(F)(F)CN12. The second-order valence-corrected chi connectivity index (χ2v) is 8.04. The van der Waals surface area contributed by atoms with Crippen molar-refractivity contribution in [3.05, 3.63) is 102 Å². The highest BCUT2D eigenvalue weighted by molar-refractivity contribution is 6.66. The lowest BCUT2D eigenvalue weighted by atomic mass is 9.70. The highest BCUT2D eigenvalue weighted by Gasteiger charge is 2.64. The first-order valence-corrected chi connectivity index (χ1v) is 9.99. The van der Waals surface area contributed by atoms with Crippen molar-refractivity contribution < 1.29 is 13.4 Å². The summed E-state index contributed by atoms with van der Waals surface area (Å²) < 4.78 is 36.3. The summed E-state index contributed by atoms with van der Waals surface area (Å²) in [5.74, 6) is -2.75. The quantitative estimate of drug-likeness (QED) is 0.617. The van der Waals surface area contributed by atoms with Crippen LogP contribution < -0.4 is 5.46 Å². The first kappa shape index (κ1) is 18.5. The van der Waals surface area contributed by atoms with Crippen LogP contribution in [-0.4, -0.2) is 30.4 Å². The van der Waals surface area contributed by atoms with Gasteiger partial charge < -0.3 is 9.47 Å². The molecule has 0 bridgehead atoms. The summed E-state index contributed by atoms with van der Waals surface area (Å²) in [6.45, 7) is 1.71. The minimum absolute atomic E-state index is 0.223. The zero-order valence-electron chi connectivity index (χ0n) is 16.3. The summed E-state index contributed by atoms with van der Waals surface area (Å²) in [5.41, 5.74) is 2.87. The van der Waals surface area contributed by atoms with Crippen molar-refractivity contribution in [2.75, 3.05) is 6.54 Å². The first-order valence-electron chi connectivity index (χ1n) is 9.99. The highest BCUT2D eigenvalue weighted by atomic mass is 19.3. The van der Waals surface area contributed by atoms with Crippen molar-refractivity contribution >= 4 is 12.5 Å². The van der Waals surface area contributed by atoms with Gasteiger partial charge in [0.05, 0.1) is 6.54 Å². The van der Waals surface area contributed by atoms with E-state index in [-0.39, 0.29) is 13.0 Å². The van der Waals surface area contributed by atoms with Crippen LogP contribution in [0.1, 0.15) is 23.1 Å². The summed E-state index contributed by atoms with van der Waals surface area (Å²) in [7, 11) is -0.519. The molecule has 5 heteroatoms. The van der Waals surface area contributed by atoms with E-state index >= 15 is 0 Å². The highest BCUT2D eigenvalue weighted by Crippen LogP contribution is 2.52. The fourth-order valence-electron chi connectivity index (χ4n) is 4.95. The molecule has 3 aromatic rings. The number of nitrogens with zero attached hydrogens (tertiary/aromatic N) is 1. The van der Waals surface area contributed by atoms with Gasteiger partial charge >= 0.3 is 7.05 Å². The molecular formula is C24H22BF2NO. The first-order chi connectivity index (χ1) is 14.0. The topological polar surface area (TPSA) is 12.5 Å². The second kappa shape index (κ2) is 6.79. The van der Waals surface area contributed by atoms with Gasteiger partial charge in [0.25, 0.3) is 5.92 Å². The second-order valence-electron chi connectivity index (χ2n) is 8.04. The summed E-state index contributed by atoms with van der Waals surface area (Å²) in [6, 6.07) is 27.1. The van der Waals surface area contributed by atoms with Crippen molar-refractivity contribution in [3.8, 4) is 0 Å².